The predicted molar refractivity (Wildman–Crippen MR) is 39.5 cm³/mol. The topological polar surface area (TPSA) is 29.5 Å². The average molecular weight is 192 g/mol. The monoisotopic (exact) mass is 192 g/mol. The average Bonchev–Trinajstić information content (AvgIpc) is 1.94. The van der Waals surface area contributed by atoms with Crippen molar-refractivity contribution >= 4 is 0 Å². The van der Waals surface area contributed by atoms with Gasteiger partial charge in [0.2, 0.25) is 0 Å². The molecular formula is C8H7F3O2. The molecule has 0 heterocycles. The number of alkyl halides is 3. The molecule has 2 nitrogen and oxygen atoms in total. The van der Waals surface area contributed by atoms with Gasteiger partial charge in [-0.2, -0.15) is 0 Å². The van der Waals surface area contributed by atoms with Gasteiger partial charge in [-0.3, -0.25) is 0 Å². The van der Waals surface area contributed by atoms with E-state index >= 15 is 0 Å². The molecule has 5 heteroatoms. The van der Waals surface area contributed by atoms with Crippen LogP contribution in [0.1, 0.15) is 5.56 Å². The van der Waals surface area contributed by atoms with Gasteiger partial charge in [0.05, 0.1) is 0 Å². The summed E-state index contributed by atoms with van der Waals surface area (Å²) in [5, 5.41) is 8.89. The van der Waals surface area contributed by atoms with Gasteiger partial charge in [0.15, 0.2) is 0 Å². The lowest BCUT2D eigenvalue weighted by molar-refractivity contribution is -0.274. The van der Waals surface area contributed by atoms with Crippen molar-refractivity contribution in [3.8, 4) is 11.5 Å². The lowest BCUT2D eigenvalue weighted by Gasteiger charge is -2.10. The third-order valence-electron chi connectivity index (χ3n) is 1.40. The van der Waals surface area contributed by atoms with Gasteiger partial charge in [-0.15, -0.1) is 13.2 Å². The SMILES string of the molecule is Cc1ccc(O)cc1OC(F)(F)F. The van der Waals surface area contributed by atoms with Crippen LogP contribution in [-0.2, 0) is 0 Å². The lowest BCUT2D eigenvalue weighted by Crippen LogP contribution is -2.17. The number of benzene rings is 1. The van der Waals surface area contributed by atoms with Gasteiger partial charge < -0.3 is 9.84 Å². The molecule has 0 spiro atoms. The summed E-state index contributed by atoms with van der Waals surface area (Å²) in [5.41, 5.74) is 0.315. The van der Waals surface area contributed by atoms with Crippen LogP contribution in [-0.4, -0.2) is 11.5 Å². The van der Waals surface area contributed by atoms with Crippen molar-refractivity contribution in [1.29, 1.82) is 0 Å². The van der Waals surface area contributed by atoms with Crippen LogP contribution in [0, 0.1) is 6.92 Å². The Kier molecular flexibility index (Phi) is 2.36. The minimum absolute atomic E-state index is 0.259. The molecular weight excluding hydrogens is 185 g/mol. The van der Waals surface area contributed by atoms with E-state index in [2.05, 4.69) is 4.74 Å². The summed E-state index contributed by atoms with van der Waals surface area (Å²) < 4.78 is 38.9. The number of phenols is 1. The third-order valence-corrected chi connectivity index (χ3v) is 1.40. The third kappa shape index (κ3) is 2.85. The van der Waals surface area contributed by atoms with Gasteiger partial charge >= 0.3 is 6.36 Å². The van der Waals surface area contributed by atoms with Crippen LogP contribution >= 0.6 is 0 Å². The lowest BCUT2D eigenvalue weighted by atomic mass is 10.2. The van der Waals surface area contributed by atoms with Gasteiger partial charge in [0.1, 0.15) is 11.5 Å². The normalized spacial score (nSPS) is 11.4. The molecule has 72 valence electrons. The van der Waals surface area contributed by atoms with Crippen LogP contribution in [0.3, 0.4) is 0 Å². The maximum absolute atomic E-state index is 11.7. The minimum atomic E-state index is -4.72. The van der Waals surface area contributed by atoms with Crippen LogP contribution in [0.4, 0.5) is 13.2 Å². The second-order valence-electron chi connectivity index (χ2n) is 2.50. The van der Waals surface area contributed by atoms with Gasteiger partial charge in [-0.05, 0) is 18.6 Å². The molecule has 1 aromatic rings. The highest BCUT2D eigenvalue weighted by Gasteiger charge is 2.31. The molecule has 1 N–H and O–H groups in total. The molecule has 0 bridgehead atoms. The first kappa shape index (κ1) is 9.70. The van der Waals surface area contributed by atoms with Gasteiger partial charge in [-0.25, -0.2) is 0 Å². The van der Waals surface area contributed by atoms with Crippen molar-refractivity contribution in [2.45, 2.75) is 13.3 Å². The zero-order valence-electron chi connectivity index (χ0n) is 6.72. The molecule has 13 heavy (non-hydrogen) atoms. The van der Waals surface area contributed by atoms with E-state index in [1.54, 1.807) is 0 Å². The van der Waals surface area contributed by atoms with E-state index in [1.165, 1.54) is 19.1 Å². The molecule has 0 saturated heterocycles. The zero-order chi connectivity index (χ0) is 10.1. The van der Waals surface area contributed by atoms with Crippen molar-refractivity contribution in [3.63, 3.8) is 0 Å². The number of ether oxygens (including phenoxy) is 1. The molecule has 0 fully saturated rings. The summed E-state index contributed by atoms with van der Waals surface area (Å²) in [6, 6.07) is 3.55. The van der Waals surface area contributed by atoms with Crippen LogP contribution in [0.25, 0.3) is 0 Å². The Bertz CT molecular complexity index is 307. The summed E-state index contributed by atoms with van der Waals surface area (Å²) in [5.74, 6) is -0.641. The highest BCUT2D eigenvalue weighted by atomic mass is 19.4. The zero-order valence-corrected chi connectivity index (χ0v) is 6.72. The molecule has 0 aliphatic heterocycles. The summed E-state index contributed by atoms with van der Waals surface area (Å²) in [7, 11) is 0. The Balaban J connectivity index is 2.94. The van der Waals surface area contributed by atoms with E-state index in [4.69, 9.17) is 5.11 Å². The smallest absolute Gasteiger partial charge is 0.508 e. The number of hydrogen-bond donors (Lipinski definition) is 1. The Labute approximate surface area is 72.6 Å². The van der Waals surface area contributed by atoms with Crippen molar-refractivity contribution in [2.75, 3.05) is 0 Å². The first-order chi connectivity index (χ1) is 5.88. The fourth-order valence-electron chi connectivity index (χ4n) is 0.823. The fourth-order valence-corrected chi connectivity index (χ4v) is 0.823. The van der Waals surface area contributed by atoms with Gasteiger partial charge in [0, 0.05) is 6.07 Å². The molecule has 0 atom stereocenters. The first-order valence-electron chi connectivity index (χ1n) is 3.44. The molecule has 0 amide bonds. The van der Waals surface area contributed by atoms with E-state index < -0.39 is 6.36 Å². The van der Waals surface area contributed by atoms with Crippen LogP contribution in [0.15, 0.2) is 18.2 Å². The standard InChI is InChI=1S/C8H7F3O2/c1-5-2-3-6(12)4-7(5)13-8(9,10)11/h2-4,12H,1H3. The van der Waals surface area contributed by atoms with Crippen molar-refractivity contribution in [2.24, 2.45) is 0 Å². The number of phenolic OH excluding ortho intramolecular Hbond substituents is 1. The van der Waals surface area contributed by atoms with Crippen LogP contribution < -0.4 is 4.74 Å². The number of aryl methyl sites for hydroxylation is 1. The number of aromatic hydroxyl groups is 1. The van der Waals surface area contributed by atoms with E-state index in [9.17, 15) is 13.2 Å². The second kappa shape index (κ2) is 3.16. The van der Waals surface area contributed by atoms with Gasteiger partial charge in [0.25, 0.3) is 0 Å². The number of rotatable bonds is 1. The predicted octanol–water partition coefficient (Wildman–Crippen LogP) is 2.60. The van der Waals surface area contributed by atoms with Crippen molar-refractivity contribution < 1.29 is 23.0 Å². The summed E-state index contributed by atoms with van der Waals surface area (Å²) in [6.45, 7) is 1.46. The Hall–Kier alpha value is -1.39. The summed E-state index contributed by atoms with van der Waals surface area (Å²) >= 11 is 0. The molecule has 0 aliphatic rings. The van der Waals surface area contributed by atoms with E-state index in [0.29, 0.717) is 5.56 Å². The molecule has 0 saturated carbocycles. The number of hydrogen-bond acceptors (Lipinski definition) is 2. The molecule has 0 unspecified atom stereocenters. The van der Waals surface area contributed by atoms with Crippen LogP contribution in [0.2, 0.25) is 0 Å². The Morgan fingerprint density at radius 1 is 1.31 bits per heavy atom. The molecule has 0 aromatic heterocycles. The fraction of sp³-hybridized carbons (Fsp3) is 0.250. The molecule has 0 radical (unpaired) electrons. The summed E-state index contributed by atoms with van der Waals surface area (Å²) in [4.78, 5) is 0. The van der Waals surface area contributed by atoms with E-state index in [1.807, 2.05) is 0 Å². The van der Waals surface area contributed by atoms with Gasteiger partial charge in [-0.1, -0.05) is 6.07 Å². The second-order valence-corrected chi connectivity index (χ2v) is 2.50. The molecule has 0 aliphatic carbocycles. The Morgan fingerprint density at radius 3 is 2.46 bits per heavy atom. The molecule has 1 aromatic carbocycles. The quantitative estimate of drug-likeness (QED) is 0.741. The largest absolute Gasteiger partial charge is 0.573 e. The van der Waals surface area contributed by atoms with E-state index in [-0.39, 0.29) is 11.5 Å². The maximum Gasteiger partial charge on any atom is 0.573 e. The molecule has 1 rings (SSSR count). The van der Waals surface area contributed by atoms with Crippen molar-refractivity contribution in [1.82, 2.24) is 0 Å². The maximum atomic E-state index is 11.7. The van der Waals surface area contributed by atoms with Crippen LogP contribution in [0.5, 0.6) is 11.5 Å². The number of halogens is 3. The first-order valence-corrected chi connectivity index (χ1v) is 3.44. The highest BCUT2D eigenvalue weighted by Crippen LogP contribution is 2.28. The Morgan fingerprint density at radius 2 is 1.92 bits per heavy atom. The summed E-state index contributed by atoms with van der Waals surface area (Å²) in [6.07, 6.45) is -4.72. The van der Waals surface area contributed by atoms with E-state index in [0.717, 1.165) is 6.07 Å². The minimum Gasteiger partial charge on any atom is -0.508 e. The van der Waals surface area contributed by atoms with Crippen molar-refractivity contribution in [3.05, 3.63) is 23.8 Å². The highest BCUT2D eigenvalue weighted by molar-refractivity contribution is 5.39.